The molecule has 0 saturated heterocycles. The van der Waals surface area contributed by atoms with Crippen molar-refractivity contribution in [2.45, 2.75) is 11.5 Å². The van der Waals surface area contributed by atoms with Crippen LogP contribution in [-0.4, -0.2) is 26.0 Å². The van der Waals surface area contributed by atoms with Crippen molar-refractivity contribution < 1.29 is 14.3 Å². The molecule has 5 nitrogen and oxygen atoms in total. The number of esters is 1. The van der Waals surface area contributed by atoms with Gasteiger partial charge in [0.15, 0.2) is 5.54 Å². The summed E-state index contributed by atoms with van der Waals surface area (Å²) in [5.74, 6) is -1.34. The van der Waals surface area contributed by atoms with Gasteiger partial charge in [-0.2, -0.15) is 0 Å². The largest absolute Gasteiger partial charge is 0.468 e. The molecule has 2 heterocycles. The summed E-state index contributed by atoms with van der Waals surface area (Å²) in [5.41, 5.74) is 1.96. The Labute approximate surface area is 147 Å². The lowest BCUT2D eigenvalue weighted by Crippen LogP contribution is -2.48. The predicted octanol–water partition coefficient (Wildman–Crippen LogP) is 3.00. The fourth-order valence-corrected chi connectivity index (χ4v) is 4.19. The average molecular weight is 387 g/mol. The standard InChI is InChI=1S/C18H15BrN2O3/c1-21-14-6-4-3-5-12(14)18(17(21)23)15(16(22)24-2)11-9-10(19)7-8-13(11)20-18/h3-9,15,20H,1-2H3/t15-,18+/m1/s1. The number of ether oxygens (including phenoxy) is 1. The molecule has 2 aliphatic heterocycles. The van der Waals surface area contributed by atoms with Crippen molar-refractivity contribution in [1.29, 1.82) is 0 Å². The lowest BCUT2D eigenvalue weighted by atomic mass is 9.78. The quantitative estimate of drug-likeness (QED) is 0.765. The number of hydrogen-bond donors (Lipinski definition) is 1. The summed E-state index contributed by atoms with van der Waals surface area (Å²) in [6, 6.07) is 13.2. The van der Waals surface area contributed by atoms with Crippen LogP contribution in [0.5, 0.6) is 0 Å². The van der Waals surface area contributed by atoms with Crippen molar-refractivity contribution in [3.05, 3.63) is 58.1 Å². The molecule has 1 amide bonds. The topological polar surface area (TPSA) is 58.6 Å². The molecule has 6 heteroatoms. The molecule has 2 aromatic carbocycles. The Kier molecular flexibility index (Phi) is 3.22. The van der Waals surface area contributed by atoms with Crippen LogP contribution in [0.1, 0.15) is 17.0 Å². The van der Waals surface area contributed by atoms with Crippen molar-refractivity contribution in [2.24, 2.45) is 0 Å². The fraction of sp³-hybridized carbons (Fsp3) is 0.222. The first-order chi connectivity index (χ1) is 11.5. The van der Waals surface area contributed by atoms with Crippen LogP contribution in [0.25, 0.3) is 0 Å². The van der Waals surface area contributed by atoms with E-state index in [0.717, 1.165) is 27.0 Å². The van der Waals surface area contributed by atoms with E-state index in [-0.39, 0.29) is 5.91 Å². The molecule has 1 spiro atoms. The Hall–Kier alpha value is -2.34. The van der Waals surface area contributed by atoms with Gasteiger partial charge in [0.25, 0.3) is 5.91 Å². The van der Waals surface area contributed by atoms with Gasteiger partial charge in [0.1, 0.15) is 5.92 Å². The lowest BCUT2D eigenvalue weighted by molar-refractivity contribution is -0.146. The van der Waals surface area contributed by atoms with Gasteiger partial charge >= 0.3 is 5.97 Å². The van der Waals surface area contributed by atoms with E-state index in [1.165, 1.54) is 7.11 Å². The molecular formula is C18H15BrN2O3. The van der Waals surface area contributed by atoms with E-state index in [1.807, 2.05) is 42.5 Å². The summed E-state index contributed by atoms with van der Waals surface area (Å²) >= 11 is 3.44. The number of methoxy groups -OCH3 is 1. The second-order valence-corrected chi connectivity index (χ2v) is 6.92. The zero-order valence-electron chi connectivity index (χ0n) is 13.2. The number of nitrogens with one attached hydrogen (secondary N) is 1. The number of carbonyl (C=O) groups is 2. The van der Waals surface area contributed by atoms with E-state index in [0.29, 0.717) is 0 Å². The molecule has 0 aliphatic carbocycles. The Morgan fingerprint density at radius 2 is 2.04 bits per heavy atom. The first kappa shape index (κ1) is 15.2. The SMILES string of the molecule is COC(=O)[C@H]1c2cc(Br)ccc2N[C@]12C(=O)N(C)c1ccccc12. The van der Waals surface area contributed by atoms with Crippen LogP contribution in [0, 0.1) is 0 Å². The monoisotopic (exact) mass is 386 g/mol. The van der Waals surface area contributed by atoms with Crippen LogP contribution >= 0.6 is 15.9 Å². The van der Waals surface area contributed by atoms with Crippen LogP contribution < -0.4 is 10.2 Å². The van der Waals surface area contributed by atoms with E-state index in [1.54, 1.807) is 11.9 Å². The molecular weight excluding hydrogens is 372 g/mol. The molecule has 1 N–H and O–H groups in total. The first-order valence-corrected chi connectivity index (χ1v) is 8.33. The Balaban J connectivity index is 2.01. The smallest absolute Gasteiger partial charge is 0.316 e. The Morgan fingerprint density at radius 1 is 1.29 bits per heavy atom. The van der Waals surface area contributed by atoms with Crippen molar-refractivity contribution in [3.63, 3.8) is 0 Å². The zero-order chi connectivity index (χ0) is 17.1. The van der Waals surface area contributed by atoms with E-state index in [4.69, 9.17) is 4.74 Å². The molecule has 2 aromatic rings. The summed E-state index contributed by atoms with van der Waals surface area (Å²) in [5, 5.41) is 3.33. The predicted molar refractivity (Wildman–Crippen MR) is 94.1 cm³/mol. The van der Waals surface area contributed by atoms with Gasteiger partial charge in [-0.25, -0.2) is 0 Å². The lowest BCUT2D eigenvalue weighted by Gasteiger charge is -2.29. The van der Waals surface area contributed by atoms with Crippen molar-refractivity contribution in [2.75, 3.05) is 24.4 Å². The molecule has 4 rings (SSSR count). The number of likely N-dealkylation sites (N-methyl/N-ethyl adjacent to an activating group) is 1. The molecule has 2 aliphatic rings. The normalized spacial score (nSPS) is 23.9. The molecule has 24 heavy (non-hydrogen) atoms. The summed E-state index contributed by atoms with van der Waals surface area (Å²) < 4.78 is 5.90. The van der Waals surface area contributed by atoms with Crippen LogP contribution in [0.4, 0.5) is 11.4 Å². The van der Waals surface area contributed by atoms with E-state index >= 15 is 0 Å². The highest BCUT2D eigenvalue weighted by Crippen LogP contribution is 2.55. The van der Waals surface area contributed by atoms with E-state index in [9.17, 15) is 9.59 Å². The van der Waals surface area contributed by atoms with Gasteiger partial charge in [0, 0.05) is 28.5 Å². The average Bonchev–Trinajstić information content (AvgIpc) is 3.04. The van der Waals surface area contributed by atoms with E-state index < -0.39 is 17.4 Å². The van der Waals surface area contributed by atoms with Gasteiger partial charge in [-0.05, 0) is 29.8 Å². The van der Waals surface area contributed by atoms with Gasteiger partial charge in [0.05, 0.1) is 7.11 Å². The van der Waals surface area contributed by atoms with Gasteiger partial charge < -0.3 is 15.0 Å². The van der Waals surface area contributed by atoms with Gasteiger partial charge in [0.2, 0.25) is 0 Å². The van der Waals surface area contributed by atoms with Crippen LogP contribution in [0.15, 0.2) is 46.9 Å². The molecule has 0 fully saturated rings. The minimum absolute atomic E-state index is 0.161. The van der Waals surface area contributed by atoms with Crippen LogP contribution in [-0.2, 0) is 19.9 Å². The van der Waals surface area contributed by atoms with Gasteiger partial charge in [-0.3, -0.25) is 9.59 Å². The second-order valence-electron chi connectivity index (χ2n) is 6.00. The highest BCUT2D eigenvalue weighted by Gasteiger charge is 2.62. The number of benzene rings is 2. The molecule has 0 radical (unpaired) electrons. The third-order valence-corrected chi connectivity index (χ3v) is 5.35. The molecule has 0 unspecified atom stereocenters. The fourth-order valence-electron chi connectivity index (χ4n) is 3.81. The first-order valence-electron chi connectivity index (χ1n) is 7.54. The van der Waals surface area contributed by atoms with E-state index in [2.05, 4.69) is 21.2 Å². The molecule has 0 saturated carbocycles. The maximum atomic E-state index is 13.2. The molecule has 2 atom stereocenters. The van der Waals surface area contributed by atoms with Crippen LogP contribution in [0.2, 0.25) is 0 Å². The zero-order valence-corrected chi connectivity index (χ0v) is 14.8. The third-order valence-electron chi connectivity index (χ3n) is 4.86. The number of carbonyl (C=O) groups excluding carboxylic acids is 2. The number of para-hydroxylation sites is 1. The second kappa shape index (κ2) is 5.08. The van der Waals surface area contributed by atoms with Gasteiger partial charge in [-0.1, -0.05) is 34.1 Å². The summed E-state index contributed by atoms with van der Waals surface area (Å²) in [6.45, 7) is 0. The van der Waals surface area contributed by atoms with Crippen LogP contribution in [0.3, 0.4) is 0 Å². The number of halogens is 1. The Morgan fingerprint density at radius 3 is 2.79 bits per heavy atom. The highest BCUT2D eigenvalue weighted by atomic mass is 79.9. The number of amides is 1. The minimum Gasteiger partial charge on any atom is -0.468 e. The van der Waals surface area contributed by atoms with Crippen molar-refractivity contribution in [1.82, 2.24) is 0 Å². The minimum atomic E-state index is -1.17. The number of nitrogens with zero attached hydrogens (tertiary/aromatic N) is 1. The molecule has 122 valence electrons. The highest BCUT2D eigenvalue weighted by molar-refractivity contribution is 9.10. The summed E-state index contributed by atoms with van der Waals surface area (Å²) in [4.78, 5) is 27.5. The number of rotatable bonds is 1. The number of hydrogen-bond acceptors (Lipinski definition) is 4. The molecule has 0 aromatic heterocycles. The maximum absolute atomic E-state index is 13.2. The number of fused-ring (bicyclic) bond motifs is 3. The summed E-state index contributed by atoms with van der Waals surface area (Å²) in [6.07, 6.45) is 0. The van der Waals surface area contributed by atoms with Crippen molar-refractivity contribution in [3.8, 4) is 0 Å². The summed E-state index contributed by atoms with van der Waals surface area (Å²) in [7, 11) is 3.08. The van der Waals surface area contributed by atoms with Gasteiger partial charge in [-0.15, -0.1) is 0 Å². The third kappa shape index (κ3) is 1.74. The van der Waals surface area contributed by atoms with Crippen molar-refractivity contribution >= 4 is 39.2 Å². The Bertz CT molecular complexity index is 882. The maximum Gasteiger partial charge on any atom is 0.316 e. The number of anilines is 2. The molecule has 0 bridgehead atoms.